The minimum absolute atomic E-state index is 0.0234. The highest BCUT2D eigenvalue weighted by Gasteiger charge is 2.33. The van der Waals surface area contributed by atoms with Crippen molar-refractivity contribution in [1.29, 1.82) is 0 Å². The number of nitrogens with two attached hydrogens (primary N) is 2. The number of nitrogens with one attached hydrogen (secondary N) is 3. The summed E-state index contributed by atoms with van der Waals surface area (Å²) in [7, 11) is 0. The molecule has 0 aliphatic carbocycles. The van der Waals surface area contributed by atoms with Crippen LogP contribution in [0.2, 0.25) is 0 Å². The Balaban J connectivity index is 0.000000165. The second kappa shape index (κ2) is 38.6. The first-order chi connectivity index (χ1) is 51.5. The lowest BCUT2D eigenvalue weighted by atomic mass is 10.0. The summed E-state index contributed by atoms with van der Waals surface area (Å²) < 4.78 is 27.6. The van der Waals surface area contributed by atoms with Crippen LogP contribution in [0.1, 0.15) is 170 Å². The SMILES string of the molecule is C#Cc1ccc(N2CCNC(c3ccccc3)C2)nc1C(=O)c1cccnc1C.C/C=C/c1ccc(N2CCN[C@@H](CC(C)C)C2)nc1C(=O)c1cccnc1C.C=Cc1ccc(N2CCN[C@@H](CC(C)C)C2)nc1C(=O)c1cccnc1C.CC(F)(F)c1ccc(SCCN)nc1C(=O)c1cccnc1N. The zero-order chi connectivity index (χ0) is 76.7. The van der Waals surface area contributed by atoms with Gasteiger partial charge in [0, 0.05) is 166 Å². The zero-order valence-corrected chi connectivity index (χ0v) is 63.2. The fraction of sp³-hybridized carbons (Fsp3) is 0.333. The van der Waals surface area contributed by atoms with Crippen molar-refractivity contribution in [3.05, 3.63) is 255 Å². The second-order valence-corrected chi connectivity index (χ2v) is 28.3. The van der Waals surface area contributed by atoms with E-state index in [2.05, 4.69) is 108 Å². The predicted molar refractivity (Wildman–Crippen MR) is 425 cm³/mol. The highest BCUT2D eigenvalue weighted by Crippen LogP contribution is 2.34. The highest BCUT2D eigenvalue weighted by atomic mass is 32.2. The summed E-state index contributed by atoms with van der Waals surface area (Å²) in [6.07, 6.45) is 20.0. The summed E-state index contributed by atoms with van der Waals surface area (Å²) in [6, 6.07) is 39.4. The molecular formula is C84H96F2N16O4S. The molecule has 3 fully saturated rings. The number of aryl methyl sites for hydroxylation is 3. The molecule has 3 atom stereocenters. The fourth-order valence-corrected chi connectivity index (χ4v) is 13.6. The van der Waals surface area contributed by atoms with Crippen LogP contribution in [0.5, 0.6) is 0 Å². The summed E-state index contributed by atoms with van der Waals surface area (Å²) in [5.41, 5.74) is 18.8. The number of hydrogen-bond acceptors (Lipinski definition) is 21. The van der Waals surface area contributed by atoms with E-state index in [1.54, 1.807) is 61.1 Å². The van der Waals surface area contributed by atoms with Gasteiger partial charge in [-0.15, -0.1) is 18.2 Å². The van der Waals surface area contributed by atoms with Crippen LogP contribution in [0.15, 0.2) is 170 Å². The Morgan fingerprint density at radius 3 is 1.52 bits per heavy atom. The van der Waals surface area contributed by atoms with Crippen molar-refractivity contribution in [1.82, 2.24) is 55.8 Å². The topological polar surface area (TPSA) is 269 Å². The van der Waals surface area contributed by atoms with E-state index in [9.17, 15) is 28.0 Å². The van der Waals surface area contributed by atoms with E-state index in [4.69, 9.17) is 32.8 Å². The molecule has 0 radical (unpaired) electrons. The van der Waals surface area contributed by atoms with Crippen LogP contribution in [-0.2, 0) is 5.92 Å². The monoisotopic (exact) mass is 1460 g/mol. The number of thioether (sulfide) groups is 1. The average Bonchev–Trinajstić information content (AvgIpc) is 0.810. The molecule has 3 aliphatic rings. The van der Waals surface area contributed by atoms with E-state index in [-0.39, 0.29) is 40.5 Å². The Bertz CT molecular complexity index is 4640. The number of nitrogens with zero attached hydrogens (tertiary/aromatic N) is 11. The van der Waals surface area contributed by atoms with Crippen molar-refractivity contribution >= 4 is 70.3 Å². The molecule has 0 spiro atoms. The number of aromatic nitrogens is 8. The van der Waals surface area contributed by atoms with Gasteiger partial charge in [-0.2, -0.15) is 0 Å². The number of piperazine rings is 3. The van der Waals surface area contributed by atoms with Crippen molar-refractivity contribution in [3.63, 3.8) is 0 Å². The van der Waals surface area contributed by atoms with Crippen molar-refractivity contribution in [3.8, 4) is 12.3 Å². The molecule has 8 aromatic heterocycles. The molecule has 23 heteroatoms. The van der Waals surface area contributed by atoms with Crippen LogP contribution >= 0.6 is 11.8 Å². The first-order valence-corrected chi connectivity index (χ1v) is 37.1. The molecule has 11 heterocycles. The van der Waals surface area contributed by atoms with Gasteiger partial charge in [0.05, 0.1) is 21.7 Å². The third-order valence-corrected chi connectivity index (χ3v) is 19.2. The number of alkyl halides is 2. The number of terminal acetylenes is 1. The van der Waals surface area contributed by atoms with Gasteiger partial charge in [-0.3, -0.25) is 34.1 Å². The fourth-order valence-electron chi connectivity index (χ4n) is 12.9. The first-order valence-electron chi connectivity index (χ1n) is 36.1. The third-order valence-electron chi connectivity index (χ3n) is 18.2. The van der Waals surface area contributed by atoms with Crippen LogP contribution < -0.4 is 42.1 Å². The molecule has 1 unspecified atom stereocenters. The minimum Gasteiger partial charge on any atom is -0.383 e. The molecule has 12 rings (SSSR count). The van der Waals surface area contributed by atoms with Crippen LogP contribution in [0.25, 0.3) is 12.2 Å². The molecule has 0 saturated carbocycles. The number of rotatable bonds is 22. The third kappa shape index (κ3) is 21.6. The molecule has 0 bridgehead atoms. The van der Waals surface area contributed by atoms with E-state index in [1.807, 2.05) is 94.4 Å². The maximum atomic E-state index is 13.8. The zero-order valence-electron chi connectivity index (χ0n) is 62.4. The number of carbonyl (C=O) groups excluding carboxylic acids is 4. The lowest BCUT2D eigenvalue weighted by molar-refractivity contribution is 0.0160. The maximum Gasteiger partial charge on any atom is 0.272 e. The lowest BCUT2D eigenvalue weighted by Crippen LogP contribution is -2.51. The Morgan fingerprint density at radius 2 is 1.05 bits per heavy atom. The molecule has 107 heavy (non-hydrogen) atoms. The number of hydrogen-bond donors (Lipinski definition) is 5. The number of carbonyl (C=O) groups is 4. The van der Waals surface area contributed by atoms with Crippen LogP contribution in [-0.4, -0.2) is 146 Å². The molecule has 556 valence electrons. The Hall–Kier alpha value is -10.6. The maximum absolute atomic E-state index is 13.8. The molecule has 7 N–H and O–H groups in total. The average molecular weight is 1460 g/mol. The van der Waals surface area contributed by atoms with Gasteiger partial charge in [0.15, 0.2) is 0 Å². The second-order valence-electron chi connectivity index (χ2n) is 27.2. The quantitative estimate of drug-likeness (QED) is 0.0240. The van der Waals surface area contributed by atoms with Crippen molar-refractivity contribution in [2.45, 2.75) is 104 Å². The molecule has 1 aromatic carbocycles. The van der Waals surface area contributed by atoms with E-state index in [0.29, 0.717) is 92.0 Å². The number of benzene rings is 1. The summed E-state index contributed by atoms with van der Waals surface area (Å²) in [4.78, 5) is 93.7. The number of pyridine rings is 8. The van der Waals surface area contributed by atoms with Crippen LogP contribution in [0, 0.1) is 45.0 Å². The highest BCUT2D eigenvalue weighted by molar-refractivity contribution is 7.99. The van der Waals surface area contributed by atoms with E-state index in [1.165, 1.54) is 47.8 Å². The van der Waals surface area contributed by atoms with E-state index < -0.39 is 17.3 Å². The summed E-state index contributed by atoms with van der Waals surface area (Å²) in [5.74, 6) is 2.65. The van der Waals surface area contributed by atoms with Gasteiger partial charge in [0.1, 0.15) is 46.0 Å². The van der Waals surface area contributed by atoms with Crippen molar-refractivity contribution in [2.24, 2.45) is 17.6 Å². The van der Waals surface area contributed by atoms with E-state index in [0.717, 1.165) is 113 Å². The van der Waals surface area contributed by atoms with Crippen molar-refractivity contribution < 1.29 is 28.0 Å². The Morgan fingerprint density at radius 1 is 0.589 bits per heavy atom. The Kier molecular flexibility index (Phi) is 29.0. The van der Waals surface area contributed by atoms with Gasteiger partial charge in [-0.1, -0.05) is 88.8 Å². The lowest BCUT2D eigenvalue weighted by Gasteiger charge is -2.35. The van der Waals surface area contributed by atoms with Gasteiger partial charge < -0.3 is 42.1 Å². The Labute approximate surface area is 631 Å². The first kappa shape index (κ1) is 80.5. The number of ketones is 4. The van der Waals surface area contributed by atoms with Gasteiger partial charge in [-0.25, -0.2) is 33.7 Å². The summed E-state index contributed by atoms with van der Waals surface area (Å²) in [6.45, 7) is 29.3. The van der Waals surface area contributed by atoms with Gasteiger partial charge in [-0.05, 0) is 155 Å². The smallest absolute Gasteiger partial charge is 0.272 e. The normalized spacial score (nSPS) is 15.8. The number of allylic oxidation sites excluding steroid dienone is 1. The van der Waals surface area contributed by atoms with Crippen molar-refractivity contribution in [2.75, 3.05) is 91.6 Å². The van der Waals surface area contributed by atoms with Crippen LogP contribution in [0.4, 0.5) is 32.1 Å². The van der Waals surface area contributed by atoms with E-state index >= 15 is 0 Å². The number of anilines is 4. The predicted octanol–water partition coefficient (Wildman–Crippen LogP) is 13.0. The molecule has 3 saturated heterocycles. The molecule has 9 aromatic rings. The summed E-state index contributed by atoms with van der Waals surface area (Å²) >= 11 is 1.29. The molecule has 20 nitrogen and oxygen atoms in total. The van der Waals surface area contributed by atoms with Gasteiger partial charge >= 0.3 is 0 Å². The molecule has 0 amide bonds. The number of halogens is 2. The largest absolute Gasteiger partial charge is 0.383 e. The molecule has 3 aliphatic heterocycles. The minimum atomic E-state index is -3.20. The summed E-state index contributed by atoms with van der Waals surface area (Å²) in [5, 5.41) is 11.2. The van der Waals surface area contributed by atoms with Crippen LogP contribution in [0.3, 0.4) is 0 Å². The van der Waals surface area contributed by atoms with Gasteiger partial charge in [0.25, 0.3) is 5.92 Å². The standard InChI is InChI=1S/C24H22N4O.C23H30N4O.C22H28N4O.C15H16F2N4OS/c1-3-18-11-12-22(27-23(18)24(29)20-10-7-13-25-17(20)2)28-15-14-26-21(16-28)19-8-5-4-6-9-19;1-5-7-18-9-10-21(27-13-12-25-19(15-27)14-16(2)3)26-22(18)23(28)20-8-6-11-24-17(20)4;1-5-17-8-9-20(26-12-11-24-18(14-26)13-15(2)3)25-21(17)22(27)19-7-6-10-23-16(19)4;1-15(16,17)10-4-5-11(23-8-6-18)21-12(10)13(22)9-3-2-7-20-14(9)19/h1,4-13,21,26H,14-16H2,2H3;5-11,16,19,25H,12-15H2,1-4H3;5-10,15,18,24H,1,11-14H2,2-4H3;2-5,7H,6,8,18H2,1H3,(H2,19,20)/b;7-5+;;/t;19-;18-;/m.00./s1. The molecular weight excluding hydrogens is 1370 g/mol. The number of nitrogen functional groups attached to an aromatic ring is 1. The van der Waals surface area contributed by atoms with Gasteiger partial charge in [0.2, 0.25) is 23.1 Å².